The fraction of sp³-hybridized carbons (Fsp3) is 0.389. The molecule has 150 valence electrons. The summed E-state index contributed by atoms with van der Waals surface area (Å²) in [7, 11) is 1.56. The Balaban J connectivity index is 2.29. The highest BCUT2D eigenvalue weighted by Gasteiger charge is 2.30. The summed E-state index contributed by atoms with van der Waals surface area (Å²) < 4.78 is 6.61. The van der Waals surface area contributed by atoms with E-state index in [9.17, 15) is 19.5 Å². The van der Waals surface area contributed by atoms with Crippen molar-refractivity contribution in [2.75, 3.05) is 20.2 Å². The van der Waals surface area contributed by atoms with Gasteiger partial charge in [0.1, 0.15) is 11.8 Å². The maximum atomic E-state index is 12.9. The Bertz CT molecular complexity index is 862. The van der Waals surface area contributed by atoms with Gasteiger partial charge in [-0.15, -0.1) is 5.10 Å². The quantitative estimate of drug-likeness (QED) is 0.678. The molecule has 28 heavy (non-hydrogen) atoms. The van der Waals surface area contributed by atoms with Crippen LogP contribution in [0.3, 0.4) is 0 Å². The van der Waals surface area contributed by atoms with Gasteiger partial charge >= 0.3 is 5.97 Å². The molecule has 2 rings (SSSR count). The summed E-state index contributed by atoms with van der Waals surface area (Å²) in [5.74, 6) is -1.32. The first-order chi connectivity index (χ1) is 13.3. The van der Waals surface area contributed by atoms with Gasteiger partial charge in [0.25, 0.3) is 5.91 Å². The van der Waals surface area contributed by atoms with Crippen molar-refractivity contribution in [2.24, 2.45) is 0 Å². The zero-order valence-electron chi connectivity index (χ0n) is 16.2. The van der Waals surface area contributed by atoms with Crippen LogP contribution in [0.25, 0.3) is 5.69 Å². The lowest BCUT2D eigenvalue weighted by molar-refractivity contribution is -0.141. The van der Waals surface area contributed by atoms with Crippen molar-refractivity contribution in [1.82, 2.24) is 25.2 Å². The summed E-state index contributed by atoms with van der Waals surface area (Å²) in [4.78, 5) is 36.6. The molecule has 0 radical (unpaired) electrons. The molecule has 2 N–H and O–H groups in total. The number of benzene rings is 1. The molecule has 2 amide bonds. The molecular weight excluding hydrogens is 366 g/mol. The lowest BCUT2D eigenvalue weighted by atomic mass is 10.2. The van der Waals surface area contributed by atoms with Crippen molar-refractivity contribution in [3.05, 3.63) is 35.7 Å². The number of hydrogen-bond donors (Lipinski definition) is 2. The highest BCUT2D eigenvalue weighted by Crippen LogP contribution is 2.18. The van der Waals surface area contributed by atoms with Gasteiger partial charge in [0.2, 0.25) is 5.91 Å². The van der Waals surface area contributed by atoms with Crippen LogP contribution in [0.2, 0.25) is 0 Å². The van der Waals surface area contributed by atoms with E-state index in [1.165, 1.54) is 18.5 Å². The SMILES string of the molecule is COc1ccc(-n2nnc(C(=O)N(CCNC(C)=O)C(C)C(=O)O)c2C)cc1. The van der Waals surface area contributed by atoms with Crippen LogP contribution in [0.4, 0.5) is 0 Å². The third kappa shape index (κ3) is 4.64. The molecular formula is C18H23N5O5. The number of rotatable bonds is 8. The number of aliphatic carboxylic acids is 1. The standard InChI is InChI=1S/C18H23N5O5/c1-11-16(20-21-23(11)14-5-7-15(28-4)8-6-14)17(25)22(12(2)18(26)27)10-9-19-13(3)24/h5-8,12H,9-10H2,1-4H3,(H,19,24)(H,26,27). The summed E-state index contributed by atoms with van der Waals surface area (Å²) in [6.07, 6.45) is 0. The molecule has 10 nitrogen and oxygen atoms in total. The number of ether oxygens (including phenoxy) is 1. The molecule has 0 bridgehead atoms. The highest BCUT2D eigenvalue weighted by atomic mass is 16.5. The zero-order chi connectivity index (χ0) is 20.8. The number of carboxylic acid groups (broad SMARTS) is 1. The van der Waals surface area contributed by atoms with E-state index in [-0.39, 0.29) is 24.7 Å². The molecule has 0 aliphatic carbocycles. The van der Waals surface area contributed by atoms with Crippen molar-refractivity contribution in [1.29, 1.82) is 0 Å². The molecule has 0 spiro atoms. The van der Waals surface area contributed by atoms with Crippen molar-refractivity contribution in [3.8, 4) is 11.4 Å². The highest BCUT2D eigenvalue weighted by molar-refractivity contribution is 5.95. The van der Waals surface area contributed by atoms with Gasteiger partial charge in [-0.3, -0.25) is 9.59 Å². The Kier molecular flexibility index (Phi) is 6.69. The fourth-order valence-electron chi connectivity index (χ4n) is 2.59. The molecule has 0 fully saturated rings. The van der Waals surface area contributed by atoms with E-state index in [0.717, 1.165) is 4.90 Å². The van der Waals surface area contributed by atoms with Gasteiger partial charge in [-0.25, -0.2) is 9.48 Å². The Labute approximate surface area is 162 Å². The number of nitrogens with one attached hydrogen (secondary N) is 1. The molecule has 2 aromatic rings. The average molecular weight is 389 g/mol. The van der Waals surface area contributed by atoms with E-state index in [0.29, 0.717) is 17.1 Å². The van der Waals surface area contributed by atoms with E-state index < -0.39 is 17.9 Å². The van der Waals surface area contributed by atoms with Crippen molar-refractivity contribution in [2.45, 2.75) is 26.8 Å². The number of carboxylic acids is 1. The Hall–Kier alpha value is -3.43. The monoisotopic (exact) mass is 389 g/mol. The Morgan fingerprint density at radius 3 is 2.46 bits per heavy atom. The van der Waals surface area contributed by atoms with Gasteiger partial charge in [-0.1, -0.05) is 5.21 Å². The lowest BCUT2D eigenvalue weighted by Gasteiger charge is -2.26. The van der Waals surface area contributed by atoms with Crippen LogP contribution in [-0.4, -0.2) is 69.0 Å². The van der Waals surface area contributed by atoms with Crippen LogP contribution in [0.15, 0.2) is 24.3 Å². The zero-order valence-corrected chi connectivity index (χ0v) is 16.2. The van der Waals surface area contributed by atoms with Gasteiger partial charge < -0.3 is 20.1 Å². The maximum Gasteiger partial charge on any atom is 0.326 e. The van der Waals surface area contributed by atoms with Crippen LogP contribution in [-0.2, 0) is 9.59 Å². The Morgan fingerprint density at radius 1 is 1.29 bits per heavy atom. The second-order valence-corrected chi connectivity index (χ2v) is 6.13. The third-order valence-corrected chi connectivity index (χ3v) is 4.23. The third-order valence-electron chi connectivity index (χ3n) is 4.23. The molecule has 0 saturated carbocycles. The van der Waals surface area contributed by atoms with Crippen LogP contribution >= 0.6 is 0 Å². The van der Waals surface area contributed by atoms with Crippen molar-refractivity contribution >= 4 is 17.8 Å². The minimum absolute atomic E-state index is 0.0285. The van der Waals surface area contributed by atoms with Gasteiger partial charge in [0.05, 0.1) is 18.5 Å². The van der Waals surface area contributed by atoms with E-state index >= 15 is 0 Å². The maximum absolute atomic E-state index is 12.9. The first-order valence-electron chi connectivity index (χ1n) is 8.61. The number of carbonyl (C=O) groups excluding carboxylic acids is 2. The van der Waals surface area contributed by atoms with Gasteiger partial charge in [-0.2, -0.15) is 0 Å². The number of nitrogens with zero attached hydrogens (tertiary/aromatic N) is 4. The largest absolute Gasteiger partial charge is 0.497 e. The lowest BCUT2D eigenvalue weighted by Crippen LogP contribution is -2.47. The second kappa shape index (κ2) is 8.98. The number of methoxy groups -OCH3 is 1. The second-order valence-electron chi connectivity index (χ2n) is 6.13. The molecule has 1 aromatic carbocycles. The topological polar surface area (TPSA) is 127 Å². The normalized spacial score (nSPS) is 11.6. The molecule has 0 saturated heterocycles. The summed E-state index contributed by atoms with van der Waals surface area (Å²) in [5, 5.41) is 19.8. The van der Waals surface area contributed by atoms with E-state index in [4.69, 9.17) is 4.74 Å². The molecule has 1 aromatic heterocycles. The smallest absolute Gasteiger partial charge is 0.326 e. The number of carbonyl (C=O) groups is 3. The Morgan fingerprint density at radius 2 is 1.93 bits per heavy atom. The van der Waals surface area contributed by atoms with Gasteiger partial charge in [0.15, 0.2) is 5.69 Å². The summed E-state index contributed by atoms with van der Waals surface area (Å²) in [5.41, 5.74) is 1.20. The first kappa shape index (κ1) is 20.9. The predicted octanol–water partition coefficient (Wildman–Crippen LogP) is 0.636. The molecule has 1 atom stereocenters. The number of aromatic nitrogens is 3. The van der Waals surface area contributed by atoms with E-state index in [1.807, 2.05) is 0 Å². The molecule has 0 aliphatic heterocycles. The molecule has 10 heteroatoms. The van der Waals surface area contributed by atoms with Crippen LogP contribution in [0.5, 0.6) is 5.75 Å². The van der Waals surface area contributed by atoms with Crippen LogP contribution < -0.4 is 10.1 Å². The molecule has 1 unspecified atom stereocenters. The van der Waals surface area contributed by atoms with Crippen LogP contribution in [0, 0.1) is 6.92 Å². The summed E-state index contributed by atoms with van der Waals surface area (Å²) in [6, 6.07) is 5.95. The minimum atomic E-state index is -1.16. The number of hydrogen-bond acceptors (Lipinski definition) is 6. The van der Waals surface area contributed by atoms with E-state index in [1.54, 1.807) is 38.3 Å². The van der Waals surface area contributed by atoms with E-state index in [2.05, 4.69) is 15.6 Å². The molecule has 1 heterocycles. The summed E-state index contributed by atoms with van der Waals surface area (Å²) >= 11 is 0. The van der Waals surface area contributed by atoms with Gasteiger partial charge in [-0.05, 0) is 38.1 Å². The molecule has 0 aliphatic rings. The van der Waals surface area contributed by atoms with Crippen molar-refractivity contribution in [3.63, 3.8) is 0 Å². The first-order valence-corrected chi connectivity index (χ1v) is 8.61. The average Bonchev–Trinajstić information content (AvgIpc) is 3.05. The number of amides is 2. The van der Waals surface area contributed by atoms with Crippen molar-refractivity contribution < 1.29 is 24.2 Å². The van der Waals surface area contributed by atoms with Crippen LogP contribution in [0.1, 0.15) is 30.0 Å². The predicted molar refractivity (Wildman–Crippen MR) is 99.5 cm³/mol. The minimum Gasteiger partial charge on any atom is -0.497 e. The fourth-order valence-corrected chi connectivity index (χ4v) is 2.59. The summed E-state index contributed by atoms with van der Waals surface area (Å²) in [6.45, 7) is 4.58. The van der Waals surface area contributed by atoms with Gasteiger partial charge in [0, 0.05) is 20.0 Å².